The Hall–Kier alpha value is -1.66. The van der Waals surface area contributed by atoms with E-state index in [9.17, 15) is 19.8 Å². The molecule has 0 heterocycles. The molecule has 0 bridgehead atoms. The maximum atomic E-state index is 12.5. The fourth-order valence-corrected chi connectivity index (χ4v) is 10.3. The molecule has 0 aliphatic heterocycles. The van der Waals surface area contributed by atoms with Crippen molar-refractivity contribution in [2.45, 2.75) is 373 Å². The van der Waals surface area contributed by atoms with E-state index in [0.717, 1.165) is 51.4 Å². The van der Waals surface area contributed by atoms with Crippen molar-refractivity contribution in [1.29, 1.82) is 0 Å². The Morgan fingerprint density at radius 2 is 0.694 bits per heavy atom. The summed E-state index contributed by atoms with van der Waals surface area (Å²) in [6.07, 6.45) is 76.2. The number of allylic oxidation sites excluding steroid dienone is 4. The van der Waals surface area contributed by atoms with E-state index in [1.165, 1.54) is 276 Å². The highest BCUT2D eigenvalue weighted by molar-refractivity contribution is 5.76. The number of hydrogen-bond acceptors (Lipinski definition) is 5. The van der Waals surface area contributed by atoms with E-state index in [1.54, 1.807) is 0 Å². The van der Waals surface area contributed by atoms with Crippen LogP contribution in [0, 0.1) is 0 Å². The molecule has 0 rings (SSSR count). The molecule has 1 amide bonds. The predicted molar refractivity (Wildman–Crippen MR) is 315 cm³/mol. The Kier molecular flexibility index (Phi) is 60.5. The van der Waals surface area contributed by atoms with Gasteiger partial charge in [-0.2, -0.15) is 0 Å². The van der Waals surface area contributed by atoms with E-state index < -0.39 is 12.1 Å². The lowest BCUT2D eigenvalue weighted by Gasteiger charge is -2.22. The molecule has 72 heavy (non-hydrogen) atoms. The average Bonchev–Trinajstić information content (AvgIpc) is 3.38. The quantitative estimate of drug-likeness (QED) is 0.0320. The van der Waals surface area contributed by atoms with Crippen molar-refractivity contribution in [3.8, 4) is 0 Å². The number of aliphatic hydroxyl groups is 2. The second kappa shape index (κ2) is 61.9. The van der Waals surface area contributed by atoms with Crippen molar-refractivity contribution in [2.75, 3.05) is 13.2 Å². The van der Waals surface area contributed by atoms with Crippen LogP contribution in [-0.4, -0.2) is 47.4 Å². The first-order chi connectivity index (χ1) is 35.5. The molecule has 0 radical (unpaired) electrons. The van der Waals surface area contributed by atoms with Crippen LogP contribution in [0.3, 0.4) is 0 Å². The fraction of sp³-hybridized carbons (Fsp3) is 0.909. The zero-order valence-corrected chi connectivity index (χ0v) is 48.7. The number of esters is 1. The molecule has 2 atom stereocenters. The Labute approximate surface area is 450 Å². The third-order valence-electron chi connectivity index (χ3n) is 15.3. The van der Waals surface area contributed by atoms with E-state index in [-0.39, 0.29) is 18.5 Å². The highest BCUT2D eigenvalue weighted by Gasteiger charge is 2.20. The number of unbranched alkanes of at least 4 members (excludes halogenated alkanes) is 46. The van der Waals surface area contributed by atoms with Crippen LogP contribution in [-0.2, 0) is 14.3 Å². The maximum absolute atomic E-state index is 12.5. The molecule has 6 heteroatoms. The van der Waals surface area contributed by atoms with Gasteiger partial charge in [0.1, 0.15) is 0 Å². The molecule has 0 fully saturated rings. The lowest BCUT2D eigenvalue weighted by Crippen LogP contribution is -2.45. The molecule has 0 aromatic rings. The van der Waals surface area contributed by atoms with Crippen LogP contribution < -0.4 is 5.32 Å². The monoisotopic (exact) mass is 1010 g/mol. The summed E-state index contributed by atoms with van der Waals surface area (Å²) in [5, 5.41) is 23.4. The molecular formula is C66H127NO5. The number of hydrogen-bond donors (Lipinski definition) is 3. The third kappa shape index (κ3) is 57.6. The van der Waals surface area contributed by atoms with Gasteiger partial charge in [0, 0.05) is 12.8 Å². The molecule has 6 nitrogen and oxygen atoms in total. The minimum atomic E-state index is -0.668. The number of rotatable bonds is 61. The molecule has 0 aliphatic rings. The number of nitrogens with one attached hydrogen (secondary N) is 1. The molecule has 426 valence electrons. The van der Waals surface area contributed by atoms with Gasteiger partial charge in [-0.25, -0.2) is 0 Å². The van der Waals surface area contributed by atoms with E-state index in [1.807, 2.05) is 0 Å². The zero-order valence-electron chi connectivity index (χ0n) is 48.7. The normalized spacial score (nSPS) is 12.7. The van der Waals surface area contributed by atoms with Crippen LogP contribution in [0.25, 0.3) is 0 Å². The number of ether oxygens (including phenoxy) is 1. The number of carbonyl (C=O) groups excluding carboxylic acids is 2. The highest BCUT2D eigenvalue weighted by Crippen LogP contribution is 2.18. The average molecular weight is 1010 g/mol. The topological polar surface area (TPSA) is 95.9 Å². The van der Waals surface area contributed by atoms with Gasteiger partial charge in [0.15, 0.2) is 0 Å². The third-order valence-corrected chi connectivity index (χ3v) is 15.3. The van der Waals surface area contributed by atoms with Gasteiger partial charge in [-0.3, -0.25) is 9.59 Å². The minimum absolute atomic E-state index is 0.00442. The molecule has 0 aliphatic carbocycles. The Morgan fingerprint density at radius 1 is 0.389 bits per heavy atom. The second-order valence-electron chi connectivity index (χ2n) is 22.5. The first-order valence-electron chi connectivity index (χ1n) is 32.6. The molecule has 0 saturated carbocycles. The van der Waals surface area contributed by atoms with Gasteiger partial charge in [-0.05, 0) is 57.8 Å². The first-order valence-corrected chi connectivity index (χ1v) is 32.6. The Morgan fingerprint density at radius 3 is 1.08 bits per heavy atom. The largest absolute Gasteiger partial charge is 0.466 e. The Bertz CT molecular complexity index is 1120. The van der Waals surface area contributed by atoms with Crippen molar-refractivity contribution in [1.82, 2.24) is 5.32 Å². The van der Waals surface area contributed by atoms with Gasteiger partial charge in [0.05, 0.1) is 25.4 Å². The van der Waals surface area contributed by atoms with E-state index in [0.29, 0.717) is 25.9 Å². The van der Waals surface area contributed by atoms with Crippen molar-refractivity contribution in [3.63, 3.8) is 0 Å². The van der Waals surface area contributed by atoms with E-state index in [4.69, 9.17) is 4.74 Å². The summed E-state index contributed by atoms with van der Waals surface area (Å²) in [6.45, 7) is 4.95. The lowest BCUT2D eigenvalue weighted by atomic mass is 10.0. The van der Waals surface area contributed by atoms with Gasteiger partial charge >= 0.3 is 5.97 Å². The summed E-state index contributed by atoms with van der Waals surface area (Å²) in [4.78, 5) is 24.6. The number of amides is 1. The van der Waals surface area contributed by atoms with Crippen LogP contribution in [0.2, 0.25) is 0 Å². The molecule has 2 unspecified atom stereocenters. The number of aliphatic hydroxyl groups excluding tert-OH is 2. The van der Waals surface area contributed by atoms with Crippen molar-refractivity contribution >= 4 is 11.9 Å². The summed E-state index contributed by atoms with van der Waals surface area (Å²) < 4.78 is 5.50. The zero-order chi connectivity index (χ0) is 52.2. The van der Waals surface area contributed by atoms with Gasteiger partial charge in [-0.15, -0.1) is 0 Å². The molecular weight excluding hydrogens is 887 g/mol. The van der Waals surface area contributed by atoms with Crippen LogP contribution in [0.15, 0.2) is 24.3 Å². The minimum Gasteiger partial charge on any atom is -0.466 e. The Balaban J connectivity index is 3.39. The summed E-state index contributed by atoms with van der Waals surface area (Å²) in [7, 11) is 0. The summed E-state index contributed by atoms with van der Waals surface area (Å²) >= 11 is 0. The molecule has 0 saturated heterocycles. The first kappa shape index (κ1) is 70.3. The van der Waals surface area contributed by atoms with Crippen molar-refractivity contribution in [2.24, 2.45) is 0 Å². The second-order valence-corrected chi connectivity index (χ2v) is 22.5. The number of carbonyl (C=O) groups is 2. The molecule has 0 aromatic heterocycles. The molecule has 3 N–H and O–H groups in total. The van der Waals surface area contributed by atoms with Gasteiger partial charge in [0.25, 0.3) is 0 Å². The van der Waals surface area contributed by atoms with E-state index in [2.05, 4.69) is 43.5 Å². The lowest BCUT2D eigenvalue weighted by molar-refractivity contribution is -0.143. The predicted octanol–water partition coefficient (Wildman–Crippen LogP) is 20.6. The van der Waals surface area contributed by atoms with Crippen LogP contribution in [0.1, 0.15) is 361 Å². The summed E-state index contributed by atoms with van der Waals surface area (Å²) in [5.41, 5.74) is 0. The molecule has 0 aromatic carbocycles. The van der Waals surface area contributed by atoms with E-state index >= 15 is 0 Å². The van der Waals surface area contributed by atoms with Crippen LogP contribution in [0.5, 0.6) is 0 Å². The SMILES string of the molecule is CCCCC/C=C\C/C=C\CCCCCCCCCCCC(=O)OCCCCCCCCCCCCCCCCCCCCC(=O)NC(CO)C(O)CCCCCCCCCCCCCCCCCCCC. The highest BCUT2D eigenvalue weighted by atomic mass is 16.5. The fourth-order valence-electron chi connectivity index (χ4n) is 10.3. The van der Waals surface area contributed by atoms with Crippen molar-refractivity contribution < 1.29 is 24.5 Å². The van der Waals surface area contributed by atoms with Gasteiger partial charge in [0.2, 0.25) is 5.91 Å². The van der Waals surface area contributed by atoms with Crippen molar-refractivity contribution in [3.05, 3.63) is 24.3 Å². The summed E-state index contributed by atoms with van der Waals surface area (Å²) in [5.74, 6) is -0.0314. The van der Waals surface area contributed by atoms with Crippen LogP contribution in [0.4, 0.5) is 0 Å². The van der Waals surface area contributed by atoms with Gasteiger partial charge in [-0.1, -0.05) is 314 Å². The maximum Gasteiger partial charge on any atom is 0.305 e. The van der Waals surface area contributed by atoms with Gasteiger partial charge < -0.3 is 20.3 Å². The summed E-state index contributed by atoms with van der Waals surface area (Å²) in [6, 6.07) is -0.545. The standard InChI is InChI=1S/C66H127NO5/c1-3-5-7-9-11-13-15-17-19-21-23-28-32-36-40-44-48-52-56-60-66(71)72-61-57-53-49-45-41-37-33-29-25-24-27-31-35-39-43-47-51-55-59-65(70)67-63(62-68)64(69)58-54-50-46-42-38-34-30-26-22-20-18-16-14-12-10-8-6-4-2/h11,13,17,19,63-64,68-69H,3-10,12,14-16,18,20-62H2,1-2H3,(H,67,70)/b13-11-,19-17-. The molecule has 0 spiro atoms. The van der Waals surface area contributed by atoms with Crippen LogP contribution >= 0.6 is 0 Å². The smallest absolute Gasteiger partial charge is 0.305 e.